The molecular weight excluding hydrogens is 558 g/mol. The molecule has 0 aliphatic carbocycles. The van der Waals surface area contributed by atoms with E-state index in [0.717, 1.165) is 33.3 Å². The number of hydrogen-bond donors (Lipinski definition) is 0. The summed E-state index contributed by atoms with van der Waals surface area (Å²) in [6, 6.07) is 0. The van der Waals surface area contributed by atoms with Crippen LogP contribution in [-0.4, -0.2) is 47.1 Å². The van der Waals surface area contributed by atoms with E-state index in [2.05, 4.69) is 41.5 Å². The van der Waals surface area contributed by atoms with Gasteiger partial charge in [-0.3, -0.25) is 0 Å². The fourth-order valence-corrected chi connectivity index (χ4v) is 23.2. The molecule has 0 unspecified atom stereocenters. The molecule has 0 spiro atoms. The molecule has 0 bridgehead atoms. The normalized spacial score (nSPS) is 10.9. The second-order valence-corrected chi connectivity index (χ2v) is 26.6. The maximum atomic E-state index is 11.8. The monoisotopic (exact) mass is 612 g/mol. The fourth-order valence-electron chi connectivity index (χ4n) is 3.64. The van der Waals surface area contributed by atoms with E-state index in [0.29, 0.717) is 0 Å². The van der Waals surface area contributed by atoms with Crippen LogP contribution in [-0.2, 0) is 9.59 Å². The molecular formula is C24H52O2Sn2. The molecule has 168 valence electrons. The molecule has 4 heteroatoms. The van der Waals surface area contributed by atoms with E-state index in [-0.39, 0.29) is 0 Å². The van der Waals surface area contributed by atoms with Crippen molar-refractivity contribution < 1.29 is 9.59 Å². The molecule has 0 aromatic carbocycles. The van der Waals surface area contributed by atoms with Crippen molar-refractivity contribution in [2.75, 3.05) is 0 Å². The molecule has 0 fully saturated rings. The van der Waals surface area contributed by atoms with Gasteiger partial charge < -0.3 is 0 Å². The summed E-state index contributed by atoms with van der Waals surface area (Å²) < 4.78 is 6.76. The zero-order valence-corrected chi connectivity index (χ0v) is 26.9. The van der Waals surface area contributed by atoms with Gasteiger partial charge in [0.1, 0.15) is 0 Å². The van der Waals surface area contributed by atoms with Gasteiger partial charge in [0, 0.05) is 0 Å². The van der Waals surface area contributed by atoms with Gasteiger partial charge in [0.15, 0.2) is 0 Å². The number of rotatable bonds is 18. The van der Waals surface area contributed by atoms with Crippen LogP contribution in [0.5, 0.6) is 0 Å². The predicted octanol–water partition coefficient (Wildman–Crippen LogP) is 7.44. The summed E-state index contributed by atoms with van der Waals surface area (Å²) in [5, 5.41) is 0. The number of carbonyl (C=O) groups is 2. The second kappa shape index (κ2) is 24.2. The Morgan fingerprint density at radius 3 is 0.893 bits per heavy atom. The Morgan fingerprint density at radius 1 is 0.464 bits per heavy atom. The van der Waals surface area contributed by atoms with E-state index in [4.69, 9.17) is 0 Å². The summed E-state index contributed by atoms with van der Waals surface area (Å²) in [7, 11) is 0. The zero-order chi connectivity index (χ0) is 21.6. The molecule has 0 heterocycles. The molecule has 0 aromatic heterocycles. The van der Waals surface area contributed by atoms with Crippen LogP contribution in [0.1, 0.15) is 119 Å². The number of unbranched alkanes of at least 4 members (excludes halogenated alkanes) is 4. The summed E-state index contributed by atoms with van der Waals surface area (Å²) in [5.41, 5.74) is 0. The summed E-state index contributed by atoms with van der Waals surface area (Å²) in [6.07, 6.45) is 14.2. The third kappa shape index (κ3) is 18.9. The molecule has 0 N–H and O–H groups in total. The van der Waals surface area contributed by atoms with E-state index in [9.17, 15) is 9.59 Å². The first-order valence-corrected chi connectivity index (χ1v) is 25.2. The van der Waals surface area contributed by atoms with Crippen LogP contribution in [0.2, 0.25) is 17.7 Å². The number of carbonyl (C=O) groups excluding carboxylic acids is 2. The Morgan fingerprint density at radius 2 is 0.714 bits per heavy atom. The van der Waals surface area contributed by atoms with Crippen LogP contribution in [0.15, 0.2) is 0 Å². The molecule has 2 nitrogen and oxygen atoms in total. The van der Waals surface area contributed by atoms with Gasteiger partial charge in [-0.2, -0.15) is 0 Å². The van der Waals surface area contributed by atoms with E-state index in [1.807, 2.05) is 0 Å². The second-order valence-electron chi connectivity index (χ2n) is 8.40. The van der Waals surface area contributed by atoms with Gasteiger partial charge in [0.25, 0.3) is 0 Å². The summed E-state index contributed by atoms with van der Waals surface area (Å²) in [4.78, 5) is 23.7. The predicted molar refractivity (Wildman–Crippen MR) is 133 cm³/mol. The molecule has 28 heavy (non-hydrogen) atoms. The molecule has 0 saturated heterocycles. The average Bonchev–Trinajstić information content (AvgIpc) is 2.69. The molecule has 0 amide bonds. The van der Waals surface area contributed by atoms with Gasteiger partial charge in [-0.15, -0.1) is 0 Å². The van der Waals surface area contributed by atoms with Crippen molar-refractivity contribution in [2.45, 2.75) is 136 Å². The van der Waals surface area contributed by atoms with E-state index in [1.165, 1.54) is 69.1 Å². The van der Waals surface area contributed by atoms with Gasteiger partial charge in [0.05, 0.1) is 0 Å². The first-order chi connectivity index (χ1) is 13.5. The average molecular weight is 610 g/mol. The van der Waals surface area contributed by atoms with Gasteiger partial charge in [-0.1, -0.05) is 0 Å². The number of hydrogen-bond acceptors (Lipinski definition) is 2. The van der Waals surface area contributed by atoms with Crippen molar-refractivity contribution in [3.05, 3.63) is 0 Å². The molecule has 0 aliphatic heterocycles. The molecule has 0 aliphatic rings. The summed E-state index contributed by atoms with van der Waals surface area (Å²) in [5.74, 6) is 0. The quantitative estimate of drug-likeness (QED) is 0.151. The Labute approximate surface area is 191 Å². The van der Waals surface area contributed by atoms with Crippen LogP contribution >= 0.6 is 0 Å². The van der Waals surface area contributed by atoms with Crippen molar-refractivity contribution >= 4 is 47.1 Å². The Bertz CT molecular complexity index is 309. The third-order valence-corrected chi connectivity index (χ3v) is 25.0. The zero-order valence-electron chi connectivity index (χ0n) is 20.3. The van der Waals surface area contributed by atoms with Gasteiger partial charge in [-0.25, -0.2) is 0 Å². The van der Waals surface area contributed by atoms with Crippen molar-refractivity contribution in [2.24, 2.45) is 0 Å². The third-order valence-electron chi connectivity index (χ3n) is 5.53. The van der Waals surface area contributed by atoms with Crippen LogP contribution in [0.25, 0.3) is 0 Å². The summed E-state index contributed by atoms with van der Waals surface area (Å²) in [6.45, 7) is 13.2. The Balaban J connectivity index is 0. The van der Waals surface area contributed by atoms with Crippen molar-refractivity contribution in [3.63, 3.8) is 0 Å². The van der Waals surface area contributed by atoms with Crippen molar-refractivity contribution in [3.8, 4) is 0 Å². The maximum absolute atomic E-state index is 11.8. The van der Waals surface area contributed by atoms with E-state index in [1.54, 1.807) is 0 Å². The standard InChI is InChI=1S/2C4H7O.4C4H9.2Sn.2H/c2*1-2-3-4-5;4*1-3-4-2;;;;/h2*2-3H2,1H3;4*1,3-4H2,2H3;;;;. The minimum absolute atomic E-state index is 0.719. The Kier molecular flexibility index (Phi) is 26.9. The molecule has 0 atom stereocenters. The molecule has 0 rings (SSSR count). The van der Waals surface area contributed by atoms with Crippen LogP contribution < -0.4 is 0 Å². The topological polar surface area (TPSA) is 34.1 Å². The first-order valence-electron chi connectivity index (χ1n) is 12.6. The van der Waals surface area contributed by atoms with Crippen molar-refractivity contribution in [1.29, 1.82) is 0 Å². The fraction of sp³-hybridized carbons (Fsp3) is 0.917. The minimum atomic E-state index is -1.73. The van der Waals surface area contributed by atoms with E-state index >= 15 is 0 Å². The SMILES string of the molecule is CCC[CH2][SnH]([CH2]CCC)[C](=O)CCC.CCC[CH2][SnH]([CH2]CCC)[C](=O)CCC. The van der Waals surface area contributed by atoms with Gasteiger partial charge >= 0.3 is 193 Å². The molecule has 0 saturated carbocycles. The summed E-state index contributed by atoms with van der Waals surface area (Å²) >= 11 is -3.46. The molecule has 0 aromatic rings. The molecule has 0 radical (unpaired) electrons. The first kappa shape index (κ1) is 31.1. The van der Waals surface area contributed by atoms with Crippen molar-refractivity contribution in [1.82, 2.24) is 0 Å². The van der Waals surface area contributed by atoms with Gasteiger partial charge in [0.2, 0.25) is 0 Å². The van der Waals surface area contributed by atoms with Crippen LogP contribution in [0.3, 0.4) is 0 Å². The van der Waals surface area contributed by atoms with E-state index < -0.39 is 39.5 Å². The van der Waals surface area contributed by atoms with Crippen LogP contribution in [0, 0.1) is 0 Å². The van der Waals surface area contributed by atoms with Crippen LogP contribution in [0.4, 0.5) is 0 Å². The Hall–Kier alpha value is 0.937. The van der Waals surface area contributed by atoms with Gasteiger partial charge in [-0.05, 0) is 0 Å².